The molecule has 19 N–H and O–H groups in total. The van der Waals surface area contributed by atoms with E-state index in [9.17, 15) is 0 Å². The Kier molecular flexibility index (Phi) is 69.5. The van der Waals surface area contributed by atoms with Crippen LogP contribution in [0, 0.1) is 16.2 Å². The molecule has 0 rings (SSSR count). The second-order valence-corrected chi connectivity index (χ2v) is 10.3. The highest BCUT2D eigenvalue weighted by molar-refractivity contribution is 8.13. The van der Waals surface area contributed by atoms with Gasteiger partial charge in [0.05, 0.1) is 6.54 Å². The maximum atomic E-state index is 7.46. The third kappa shape index (κ3) is 58.9. The Morgan fingerprint density at radius 1 is 0.680 bits per heavy atom. The third-order valence-corrected chi connectivity index (χ3v) is 6.61. The van der Waals surface area contributed by atoms with Crippen LogP contribution in [0.15, 0.2) is 4.99 Å². The van der Waals surface area contributed by atoms with E-state index in [0.717, 1.165) is 32.7 Å². The van der Waals surface area contributed by atoms with Crippen LogP contribution in [0.25, 0.3) is 0 Å². The molecule has 0 aliphatic rings. The lowest BCUT2D eigenvalue weighted by Crippen LogP contribution is -2.44. The van der Waals surface area contributed by atoms with Crippen LogP contribution in [0.1, 0.15) is 34.6 Å². The van der Waals surface area contributed by atoms with Gasteiger partial charge in [0.1, 0.15) is 0 Å². The summed E-state index contributed by atoms with van der Waals surface area (Å²) in [5.74, 6) is 0.0670. The standard InChI is InChI=1S/C11H28N10.C8H22N4.C6H15N.C2H6N2S.ClH.2HPS/c1-2-21(11(16)17)8-7-20(5-3-18-9(12)13)6-4-19-10(14)15;1-2-11-5-8-12(6-3-9)7-4-10;1-4-7(5-2)6-3;1-5-2(3)4;;2*1-2/h2-8H2,1H3,(H3,16,17)(H4,12,13,18)(H4,14,15,19);11H,2-10H2,1H3;4-6H2,1-3H3;1H3,(H3,3,4);1H;2*1H. The second kappa shape index (κ2) is 54.5. The van der Waals surface area contributed by atoms with E-state index in [0.29, 0.717) is 58.9 Å². The molecule has 17 nitrogen and oxygen atoms in total. The van der Waals surface area contributed by atoms with Crippen molar-refractivity contribution in [2.24, 2.45) is 45.1 Å². The number of hydrogen-bond acceptors (Lipinski definition) is 13. The van der Waals surface area contributed by atoms with Crippen molar-refractivity contribution in [3.05, 3.63) is 0 Å². The van der Waals surface area contributed by atoms with Crippen molar-refractivity contribution in [3.8, 4) is 0 Å². The van der Waals surface area contributed by atoms with E-state index in [1.807, 2.05) is 6.92 Å². The van der Waals surface area contributed by atoms with Crippen LogP contribution in [0.4, 0.5) is 0 Å². The van der Waals surface area contributed by atoms with E-state index < -0.39 is 0 Å². The summed E-state index contributed by atoms with van der Waals surface area (Å²) < 4.78 is 0. The Morgan fingerprint density at radius 3 is 1.42 bits per heavy atom. The van der Waals surface area contributed by atoms with Crippen LogP contribution in [0.2, 0.25) is 0 Å². The van der Waals surface area contributed by atoms with E-state index in [4.69, 9.17) is 56.4 Å². The van der Waals surface area contributed by atoms with E-state index >= 15 is 0 Å². The van der Waals surface area contributed by atoms with Gasteiger partial charge in [-0.15, -0.1) is 12.4 Å². The number of amidine groups is 1. The van der Waals surface area contributed by atoms with Crippen molar-refractivity contribution in [3.63, 3.8) is 0 Å². The number of guanidine groups is 3. The molecular weight excluding hydrogens is 756 g/mol. The lowest BCUT2D eigenvalue weighted by Gasteiger charge is -2.27. The Balaban J connectivity index is -0.000000107. The molecule has 0 spiro atoms. The van der Waals surface area contributed by atoms with Gasteiger partial charge in [0, 0.05) is 78.5 Å². The topological polar surface area (TPSA) is 303 Å². The van der Waals surface area contributed by atoms with Gasteiger partial charge >= 0.3 is 0 Å². The molecule has 50 heavy (non-hydrogen) atoms. The SMILES string of the molecule is CCN(CC)CC.CCN(CCN(CCN=C(N)N)CCNC(=N)N)C(=N)N.CCNCCN(CCN)CCN.CSC(=N)N.Cl.P=S.P=S. The molecule has 0 amide bonds. The van der Waals surface area contributed by atoms with Crippen molar-refractivity contribution >= 4 is 86.9 Å². The highest BCUT2D eigenvalue weighted by atomic mass is 35.5. The molecule has 0 aromatic rings. The van der Waals surface area contributed by atoms with Crippen LogP contribution < -0.4 is 50.8 Å². The number of rotatable bonds is 21. The van der Waals surface area contributed by atoms with Gasteiger partial charge in [-0.05, 0) is 55.4 Å². The first-order chi connectivity index (χ1) is 23.3. The van der Waals surface area contributed by atoms with E-state index in [2.05, 4.69) is 97.7 Å². The number of nitrogens with zero attached hydrogens (tertiary/aromatic N) is 5. The normalized spacial score (nSPS) is 9.26. The molecule has 0 aromatic heterocycles. The summed E-state index contributed by atoms with van der Waals surface area (Å²) in [5, 5.41) is 27.3. The number of aliphatic imine (C=N–C) groups is 1. The lowest BCUT2D eigenvalue weighted by atomic mass is 10.4. The first kappa shape index (κ1) is 63.7. The molecule has 0 bridgehead atoms. The van der Waals surface area contributed by atoms with E-state index in [-0.39, 0.29) is 35.5 Å². The fourth-order valence-electron chi connectivity index (χ4n) is 3.50. The van der Waals surface area contributed by atoms with Gasteiger partial charge in [-0.1, -0.05) is 63.1 Å². The Hall–Kier alpha value is -1.28. The van der Waals surface area contributed by atoms with Crippen LogP contribution in [0.5, 0.6) is 0 Å². The number of hydrogen-bond donors (Lipinski definition) is 12. The minimum absolute atomic E-state index is 0. The number of halogens is 1. The van der Waals surface area contributed by atoms with Crippen LogP contribution in [-0.4, -0.2) is 160 Å². The first-order valence-corrected chi connectivity index (χ1v) is 20.6. The molecule has 0 saturated carbocycles. The average molecular weight is 831 g/mol. The fraction of sp³-hybridized carbons (Fsp3) is 0.852. The van der Waals surface area contributed by atoms with Gasteiger partial charge in [0.25, 0.3) is 0 Å². The monoisotopic (exact) mass is 829 g/mol. The molecule has 0 radical (unpaired) electrons. The molecule has 302 valence electrons. The quantitative estimate of drug-likeness (QED) is 0.0294. The van der Waals surface area contributed by atoms with Gasteiger partial charge in [-0.3, -0.25) is 31.0 Å². The number of thioether (sulfide) groups is 1. The summed E-state index contributed by atoms with van der Waals surface area (Å²) in [6.07, 6.45) is 1.77. The van der Waals surface area contributed by atoms with Gasteiger partial charge in [0.15, 0.2) is 23.0 Å². The predicted octanol–water partition coefficient (Wildman–Crippen LogP) is -0.729. The van der Waals surface area contributed by atoms with Crippen molar-refractivity contribution in [1.29, 1.82) is 16.2 Å². The van der Waals surface area contributed by atoms with Gasteiger partial charge in [0.2, 0.25) is 0 Å². The summed E-state index contributed by atoms with van der Waals surface area (Å²) in [6.45, 7) is 25.1. The van der Waals surface area contributed by atoms with Crippen molar-refractivity contribution < 1.29 is 0 Å². The van der Waals surface area contributed by atoms with Gasteiger partial charge in [-0.2, -0.15) is 0 Å². The summed E-state index contributed by atoms with van der Waals surface area (Å²) >= 11 is 9.02. The highest BCUT2D eigenvalue weighted by Gasteiger charge is 2.09. The highest BCUT2D eigenvalue weighted by Crippen LogP contribution is 1.93. The number of likely N-dealkylation sites (N-methyl/N-ethyl adjacent to an activating group) is 2. The molecular formula is C27H74ClN17P2S3. The molecule has 0 saturated heterocycles. The van der Waals surface area contributed by atoms with Crippen molar-refractivity contribution in [2.75, 3.05) is 118 Å². The summed E-state index contributed by atoms with van der Waals surface area (Å²) in [7, 11) is 5.11. The fourth-order valence-corrected chi connectivity index (χ4v) is 3.50. The summed E-state index contributed by atoms with van der Waals surface area (Å²) in [5.41, 5.74) is 37.1. The van der Waals surface area contributed by atoms with Crippen molar-refractivity contribution in [1.82, 2.24) is 30.2 Å². The predicted molar refractivity (Wildman–Crippen MR) is 237 cm³/mol. The maximum Gasteiger partial charge on any atom is 0.188 e. The molecule has 0 heterocycles. The minimum Gasteiger partial charge on any atom is -0.379 e. The molecule has 0 aromatic carbocycles. The number of nitrogens with one attached hydrogen (secondary N) is 5. The van der Waals surface area contributed by atoms with E-state index in [1.165, 1.54) is 31.4 Å². The molecule has 0 aliphatic heterocycles. The summed E-state index contributed by atoms with van der Waals surface area (Å²) in [4.78, 5) is 12.5. The Bertz CT molecular complexity index is 747. The summed E-state index contributed by atoms with van der Waals surface area (Å²) in [6, 6.07) is 0. The van der Waals surface area contributed by atoms with Gasteiger partial charge < -0.3 is 60.6 Å². The largest absolute Gasteiger partial charge is 0.379 e. The molecule has 0 aliphatic carbocycles. The second-order valence-electron chi connectivity index (χ2n) is 9.41. The van der Waals surface area contributed by atoms with Crippen LogP contribution in [-0.2, 0) is 23.6 Å². The maximum absolute atomic E-state index is 7.46. The number of nitrogens with two attached hydrogens (primary N) is 7. The van der Waals surface area contributed by atoms with Crippen LogP contribution >= 0.6 is 40.2 Å². The molecule has 0 unspecified atom stereocenters. The van der Waals surface area contributed by atoms with E-state index in [1.54, 1.807) is 11.2 Å². The molecule has 23 heteroatoms. The Labute approximate surface area is 329 Å². The van der Waals surface area contributed by atoms with Gasteiger partial charge in [-0.25, -0.2) is 0 Å². The lowest BCUT2D eigenvalue weighted by molar-refractivity contribution is 0.256. The van der Waals surface area contributed by atoms with Crippen molar-refractivity contribution in [2.45, 2.75) is 34.6 Å². The average Bonchev–Trinajstić information content (AvgIpc) is 3.08. The Morgan fingerprint density at radius 2 is 1.12 bits per heavy atom. The zero-order valence-corrected chi connectivity index (χ0v) is 36.7. The molecule has 0 fully saturated rings. The zero-order valence-electron chi connectivity index (χ0n) is 31.4. The minimum atomic E-state index is -0.0573. The zero-order chi connectivity index (χ0) is 39.5. The first-order valence-electron chi connectivity index (χ1n) is 16.1. The smallest absolute Gasteiger partial charge is 0.188 e. The molecule has 0 atom stereocenters. The van der Waals surface area contributed by atoms with Crippen LogP contribution in [0.3, 0.4) is 0 Å². The third-order valence-electron chi connectivity index (χ3n) is 6.17.